The van der Waals surface area contributed by atoms with Crippen LogP contribution in [0.5, 0.6) is 0 Å². The molecule has 0 radical (unpaired) electrons. The largest absolute Gasteiger partial charge is 0.361 e. The number of hydrogen-bond acceptors (Lipinski definition) is 3. The lowest BCUT2D eigenvalue weighted by Gasteiger charge is -2.34. The van der Waals surface area contributed by atoms with Gasteiger partial charge in [-0.05, 0) is 29.8 Å². The number of piperazine rings is 1. The Morgan fingerprint density at radius 1 is 0.939 bits per heavy atom. The predicted molar refractivity (Wildman–Crippen MR) is 128 cm³/mol. The SMILES string of the molecule is O=C(/C=C/c1cnn(-c2ccccc2)c1)N1CCN(C(=O)Cc2c[nH]c3ccccc23)CC1. The van der Waals surface area contributed by atoms with Crippen molar-refractivity contribution in [2.75, 3.05) is 26.2 Å². The number of benzene rings is 2. The maximum absolute atomic E-state index is 12.8. The van der Waals surface area contributed by atoms with Gasteiger partial charge in [0.15, 0.2) is 0 Å². The van der Waals surface area contributed by atoms with Crippen LogP contribution in [-0.4, -0.2) is 62.6 Å². The van der Waals surface area contributed by atoms with E-state index in [0.29, 0.717) is 32.6 Å². The third kappa shape index (κ3) is 4.57. The number of aromatic amines is 1. The van der Waals surface area contributed by atoms with E-state index in [-0.39, 0.29) is 11.8 Å². The Bertz CT molecular complexity index is 1300. The van der Waals surface area contributed by atoms with Crippen molar-refractivity contribution in [3.05, 3.63) is 90.4 Å². The van der Waals surface area contributed by atoms with Gasteiger partial charge in [0.2, 0.25) is 11.8 Å². The maximum Gasteiger partial charge on any atom is 0.246 e. The van der Waals surface area contributed by atoms with E-state index >= 15 is 0 Å². The van der Waals surface area contributed by atoms with Crippen LogP contribution < -0.4 is 0 Å². The van der Waals surface area contributed by atoms with Crippen LogP contribution in [0.2, 0.25) is 0 Å². The Labute approximate surface area is 191 Å². The second kappa shape index (κ2) is 9.16. The van der Waals surface area contributed by atoms with E-state index in [1.54, 1.807) is 27.9 Å². The summed E-state index contributed by atoms with van der Waals surface area (Å²) >= 11 is 0. The molecule has 4 aromatic rings. The fraction of sp³-hybridized carbons (Fsp3) is 0.192. The summed E-state index contributed by atoms with van der Waals surface area (Å²) in [6.07, 6.45) is 9.26. The maximum atomic E-state index is 12.8. The number of carbonyl (C=O) groups excluding carboxylic acids is 2. The molecule has 3 heterocycles. The molecule has 0 atom stereocenters. The van der Waals surface area contributed by atoms with Crippen molar-refractivity contribution in [1.82, 2.24) is 24.6 Å². The Morgan fingerprint density at radius 3 is 2.48 bits per heavy atom. The highest BCUT2D eigenvalue weighted by atomic mass is 16.2. The average Bonchev–Trinajstić information content (AvgIpc) is 3.51. The Morgan fingerprint density at radius 2 is 1.67 bits per heavy atom. The van der Waals surface area contributed by atoms with Gasteiger partial charge < -0.3 is 14.8 Å². The highest BCUT2D eigenvalue weighted by molar-refractivity contribution is 5.92. The lowest BCUT2D eigenvalue weighted by atomic mass is 10.1. The molecule has 0 bridgehead atoms. The third-order valence-corrected chi connectivity index (χ3v) is 6.00. The van der Waals surface area contributed by atoms with Crippen molar-refractivity contribution in [3.8, 4) is 5.69 Å². The molecule has 1 aliphatic rings. The standard InChI is InChI=1S/C26H25N5O2/c32-25(11-10-20-17-28-31(19-20)22-6-2-1-3-7-22)29-12-14-30(15-13-29)26(33)16-21-18-27-24-9-5-4-8-23(21)24/h1-11,17-19,27H,12-16H2/b11-10+. The van der Waals surface area contributed by atoms with Crippen LogP contribution in [0.1, 0.15) is 11.1 Å². The number of H-pyrrole nitrogens is 1. The van der Waals surface area contributed by atoms with Gasteiger partial charge in [-0.1, -0.05) is 36.4 Å². The summed E-state index contributed by atoms with van der Waals surface area (Å²) in [4.78, 5) is 32.3. The number of hydrogen-bond donors (Lipinski definition) is 1. The highest BCUT2D eigenvalue weighted by Crippen LogP contribution is 2.19. The summed E-state index contributed by atoms with van der Waals surface area (Å²) in [6, 6.07) is 17.8. The van der Waals surface area contributed by atoms with Crippen LogP contribution in [0.4, 0.5) is 0 Å². The Kier molecular flexibility index (Phi) is 5.76. The zero-order chi connectivity index (χ0) is 22.6. The highest BCUT2D eigenvalue weighted by Gasteiger charge is 2.23. The molecule has 5 rings (SSSR count). The fourth-order valence-corrected chi connectivity index (χ4v) is 4.15. The summed E-state index contributed by atoms with van der Waals surface area (Å²) in [5, 5.41) is 5.43. The van der Waals surface area contributed by atoms with Gasteiger partial charge in [-0.3, -0.25) is 9.59 Å². The van der Waals surface area contributed by atoms with Gasteiger partial charge in [-0.25, -0.2) is 4.68 Å². The molecule has 33 heavy (non-hydrogen) atoms. The van der Waals surface area contributed by atoms with Crippen molar-refractivity contribution < 1.29 is 9.59 Å². The number of carbonyl (C=O) groups is 2. The van der Waals surface area contributed by atoms with Crippen molar-refractivity contribution >= 4 is 28.8 Å². The molecule has 0 spiro atoms. The molecule has 2 amide bonds. The van der Waals surface area contributed by atoms with Gasteiger partial charge in [-0.2, -0.15) is 5.10 Å². The molecule has 1 N–H and O–H groups in total. The van der Waals surface area contributed by atoms with E-state index in [2.05, 4.69) is 10.1 Å². The summed E-state index contributed by atoms with van der Waals surface area (Å²) in [7, 11) is 0. The predicted octanol–water partition coefficient (Wildman–Crippen LogP) is 3.28. The first kappa shape index (κ1) is 20.8. The average molecular weight is 440 g/mol. The first-order valence-electron chi connectivity index (χ1n) is 11.1. The van der Waals surface area contributed by atoms with E-state index in [1.165, 1.54) is 0 Å². The first-order valence-corrected chi connectivity index (χ1v) is 11.1. The third-order valence-electron chi connectivity index (χ3n) is 6.00. The monoisotopic (exact) mass is 439 g/mol. The molecule has 7 nitrogen and oxygen atoms in total. The normalized spacial score (nSPS) is 14.3. The van der Waals surface area contributed by atoms with Gasteiger partial charge >= 0.3 is 0 Å². The van der Waals surface area contributed by atoms with E-state index in [1.807, 2.05) is 71.9 Å². The molecular formula is C26H25N5O2. The molecule has 166 valence electrons. The first-order chi connectivity index (χ1) is 16.2. The lowest BCUT2D eigenvalue weighted by molar-refractivity contribution is -0.136. The Hall–Kier alpha value is -4.13. The van der Waals surface area contributed by atoms with Crippen LogP contribution in [0, 0.1) is 0 Å². The van der Waals surface area contributed by atoms with Crippen LogP contribution >= 0.6 is 0 Å². The Balaban J connectivity index is 1.14. The van der Waals surface area contributed by atoms with Crippen LogP contribution in [0.15, 0.2) is 79.3 Å². The van der Waals surface area contributed by atoms with Crippen LogP contribution in [-0.2, 0) is 16.0 Å². The van der Waals surface area contributed by atoms with Gasteiger partial charge in [0, 0.05) is 61.1 Å². The molecule has 1 saturated heterocycles. The molecule has 0 unspecified atom stereocenters. The molecule has 0 aliphatic carbocycles. The quantitative estimate of drug-likeness (QED) is 0.485. The zero-order valence-corrected chi connectivity index (χ0v) is 18.2. The second-order valence-corrected chi connectivity index (χ2v) is 8.13. The lowest BCUT2D eigenvalue weighted by Crippen LogP contribution is -2.50. The van der Waals surface area contributed by atoms with Gasteiger partial charge in [0.25, 0.3) is 0 Å². The minimum absolute atomic E-state index is 0.0498. The molecule has 0 saturated carbocycles. The van der Waals surface area contributed by atoms with Crippen LogP contribution in [0.25, 0.3) is 22.7 Å². The molecule has 1 aliphatic heterocycles. The minimum Gasteiger partial charge on any atom is -0.361 e. The van der Waals surface area contributed by atoms with Gasteiger partial charge in [0.1, 0.15) is 0 Å². The fourth-order valence-electron chi connectivity index (χ4n) is 4.15. The number of rotatable bonds is 5. The zero-order valence-electron chi connectivity index (χ0n) is 18.2. The molecular weight excluding hydrogens is 414 g/mol. The molecule has 2 aromatic heterocycles. The van der Waals surface area contributed by atoms with E-state index < -0.39 is 0 Å². The van der Waals surface area contributed by atoms with Crippen molar-refractivity contribution in [3.63, 3.8) is 0 Å². The number of amides is 2. The number of nitrogens with one attached hydrogen (secondary N) is 1. The van der Waals surface area contributed by atoms with Crippen molar-refractivity contribution in [2.45, 2.75) is 6.42 Å². The number of fused-ring (bicyclic) bond motifs is 1. The molecule has 2 aromatic carbocycles. The van der Waals surface area contributed by atoms with E-state index in [4.69, 9.17) is 0 Å². The minimum atomic E-state index is -0.0498. The van der Waals surface area contributed by atoms with E-state index in [9.17, 15) is 9.59 Å². The summed E-state index contributed by atoms with van der Waals surface area (Å²) < 4.78 is 1.78. The van der Waals surface area contributed by atoms with E-state index in [0.717, 1.165) is 27.7 Å². The van der Waals surface area contributed by atoms with Crippen molar-refractivity contribution in [2.24, 2.45) is 0 Å². The number of nitrogens with zero attached hydrogens (tertiary/aromatic N) is 4. The topological polar surface area (TPSA) is 74.2 Å². The smallest absolute Gasteiger partial charge is 0.246 e. The van der Waals surface area contributed by atoms with Gasteiger partial charge in [-0.15, -0.1) is 0 Å². The number of aromatic nitrogens is 3. The molecule has 7 heteroatoms. The summed E-state index contributed by atoms with van der Waals surface area (Å²) in [5.41, 5.74) is 3.88. The van der Waals surface area contributed by atoms with Crippen molar-refractivity contribution in [1.29, 1.82) is 0 Å². The summed E-state index contributed by atoms with van der Waals surface area (Å²) in [5.74, 6) is 0.0434. The second-order valence-electron chi connectivity index (χ2n) is 8.13. The summed E-state index contributed by atoms with van der Waals surface area (Å²) in [6.45, 7) is 2.16. The number of para-hydroxylation sites is 2. The van der Waals surface area contributed by atoms with Crippen LogP contribution in [0.3, 0.4) is 0 Å². The van der Waals surface area contributed by atoms with Gasteiger partial charge in [0.05, 0.1) is 18.3 Å². The molecule has 1 fully saturated rings.